The second-order valence-corrected chi connectivity index (χ2v) is 2.62. The van der Waals surface area contributed by atoms with Crippen LogP contribution in [0.4, 0.5) is 5.13 Å². The van der Waals surface area contributed by atoms with Gasteiger partial charge in [-0.1, -0.05) is 11.3 Å². The van der Waals surface area contributed by atoms with Crippen LogP contribution in [0, 0.1) is 0 Å². The van der Waals surface area contributed by atoms with E-state index in [1.165, 1.54) is 6.20 Å². The molecule has 4 nitrogen and oxygen atoms in total. The van der Waals surface area contributed by atoms with Gasteiger partial charge in [-0.25, -0.2) is 9.78 Å². The van der Waals surface area contributed by atoms with Crippen molar-refractivity contribution in [3.8, 4) is 0 Å². The lowest BCUT2D eigenvalue weighted by molar-refractivity contribution is 0.0702. The van der Waals surface area contributed by atoms with Crippen molar-refractivity contribution in [3.63, 3.8) is 0 Å². The van der Waals surface area contributed by atoms with Gasteiger partial charge in [-0.15, -0.1) is 0 Å². The maximum absolute atomic E-state index is 10.3. The van der Waals surface area contributed by atoms with Gasteiger partial charge in [0.15, 0.2) is 5.13 Å². The zero-order valence-electron chi connectivity index (χ0n) is 5.29. The van der Waals surface area contributed by atoms with Crippen molar-refractivity contribution in [2.45, 2.75) is 0 Å². The van der Waals surface area contributed by atoms with Gasteiger partial charge in [0.1, 0.15) is 4.88 Å². The second-order valence-electron chi connectivity index (χ2n) is 1.58. The molecule has 0 bridgehead atoms. The van der Waals surface area contributed by atoms with E-state index >= 15 is 0 Å². The highest BCUT2D eigenvalue weighted by Gasteiger charge is 2.05. The van der Waals surface area contributed by atoms with Gasteiger partial charge in [-0.2, -0.15) is 0 Å². The molecule has 0 aromatic carbocycles. The molecule has 1 aromatic rings. The molecule has 0 fully saturated rings. The minimum atomic E-state index is -0.931. The van der Waals surface area contributed by atoms with Crippen LogP contribution in [0.15, 0.2) is 6.20 Å². The van der Waals surface area contributed by atoms with Crippen molar-refractivity contribution >= 4 is 22.4 Å². The Morgan fingerprint density at radius 3 is 2.90 bits per heavy atom. The third kappa shape index (κ3) is 1.24. The van der Waals surface area contributed by atoms with Crippen molar-refractivity contribution in [2.75, 3.05) is 12.4 Å². The molecular weight excluding hydrogens is 152 g/mol. The van der Waals surface area contributed by atoms with Crippen molar-refractivity contribution in [1.29, 1.82) is 0 Å². The number of carbonyl (C=O) groups is 1. The summed E-state index contributed by atoms with van der Waals surface area (Å²) in [6.07, 6.45) is 1.33. The van der Waals surface area contributed by atoms with E-state index < -0.39 is 5.97 Å². The first kappa shape index (κ1) is 7.01. The molecule has 0 radical (unpaired) electrons. The van der Waals surface area contributed by atoms with Crippen LogP contribution in [0.2, 0.25) is 0 Å². The monoisotopic (exact) mass is 158 g/mol. The van der Waals surface area contributed by atoms with Gasteiger partial charge < -0.3 is 10.4 Å². The van der Waals surface area contributed by atoms with Crippen molar-refractivity contribution in [1.82, 2.24) is 4.98 Å². The highest BCUT2D eigenvalue weighted by atomic mass is 32.1. The average Bonchev–Trinajstić information content (AvgIpc) is 2.34. The molecule has 1 aromatic heterocycles. The Balaban J connectivity index is 2.88. The summed E-state index contributed by atoms with van der Waals surface area (Å²) in [5.74, 6) is -0.931. The number of carboxylic acids is 1. The zero-order chi connectivity index (χ0) is 7.56. The molecule has 1 rings (SSSR count). The lowest BCUT2D eigenvalue weighted by Crippen LogP contribution is -1.89. The Labute approximate surface area is 61.5 Å². The number of anilines is 1. The number of carboxylic acid groups (broad SMARTS) is 1. The predicted octanol–water partition coefficient (Wildman–Crippen LogP) is 0.883. The summed E-state index contributed by atoms with van der Waals surface area (Å²) in [4.78, 5) is 14.3. The summed E-state index contributed by atoms with van der Waals surface area (Å²) in [6, 6.07) is 0. The molecule has 2 N–H and O–H groups in total. The predicted molar refractivity (Wildman–Crippen MR) is 38.6 cm³/mol. The van der Waals surface area contributed by atoms with E-state index in [1.807, 2.05) is 0 Å². The largest absolute Gasteiger partial charge is 0.477 e. The van der Waals surface area contributed by atoms with E-state index in [-0.39, 0.29) is 4.88 Å². The Morgan fingerprint density at radius 1 is 1.90 bits per heavy atom. The number of aromatic carboxylic acids is 1. The lowest BCUT2D eigenvalue weighted by Gasteiger charge is -1.85. The molecule has 0 unspecified atom stereocenters. The molecule has 0 saturated carbocycles. The first-order chi connectivity index (χ1) is 4.74. The molecule has 0 aliphatic heterocycles. The molecule has 0 aliphatic carbocycles. The van der Waals surface area contributed by atoms with Crippen LogP contribution in [0.25, 0.3) is 0 Å². The average molecular weight is 158 g/mol. The van der Waals surface area contributed by atoms with E-state index in [0.717, 1.165) is 11.3 Å². The van der Waals surface area contributed by atoms with Crippen molar-refractivity contribution in [3.05, 3.63) is 11.1 Å². The maximum Gasteiger partial charge on any atom is 0.347 e. The fraction of sp³-hybridized carbons (Fsp3) is 0.200. The number of thiazole rings is 1. The van der Waals surface area contributed by atoms with Crippen LogP contribution in [0.3, 0.4) is 0 Å². The highest BCUT2D eigenvalue weighted by Crippen LogP contribution is 2.16. The second kappa shape index (κ2) is 2.66. The summed E-state index contributed by atoms with van der Waals surface area (Å²) in [5.41, 5.74) is 0. The summed E-state index contributed by atoms with van der Waals surface area (Å²) < 4.78 is 0. The standard InChI is InChI=1S/C5H6N2O2S/c1-6-5-7-2-3(10-5)4(8)9/h2H,1H3,(H,6,7)(H,8,9). The van der Waals surface area contributed by atoms with E-state index in [0.29, 0.717) is 5.13 Å². The fourth-order valence-electron chi connectivity index (χ4n) is 0.489. The molecule has 0 saturated heterocycles. The molecular formula is C5H6N2O2S. The van der Waals surface area contributed by atoms with Gasteiger partial charge in [-0.3, -0.25) is 0 Å². The third-order valence-corrected chi connectivity index (χ3v) is 1.93. The smallest absolute Gasteiger partial charge is 0.347 e. The molecule has 0 amide bonds. The van der Waals surface area contributed by atoms with Gasteiger partial charge in [0, 0.05) is 7.05 Å². The van der Waals surface area contributed by atoms with E-state index in [2.05, 4.69) is 10.3 Å². The van der Waals surface area contributed by atoms with Gasteiger partial charge in [-0.05, 0) is 0 Å². The Bertz CT molecular complexity index is 246. The third-order valence-electron chi connectivity index (χ3n) is 0.930. The zero-order valence-corrected chi connectivity index (χ0v) is 6.10. The summed E-state index contributed by atoms with van der Waals surface area (Å²) in [7, 11) is 1.70. The number of aromatic nitrogens is 1. The van der Waals surface area contributed by atoms with Crippen LogP contribution < -0.4 is 5.32 Å². The maximum atomic E-state index is 10.3. The summed E-state index contributed by atoms with van der Waals surface area (Å²) in [5, 5.41) is 11.8. The first-order valence-electron chi connectivity index (χ1n) is 2.61. The van der Waals surface area contributed by atoms with Gasteiger partial charge in [0.2, 0.25) is 0 Å². The Hall–Kier alpha value is -1.10. The van der Waals surface area contributed by atoms with E-state index in [9.17, 15) is 4.79 Å². The lowest BCUT2D eigenvalue weighted by atomic mass is 10.6. The quantitative estimate of drug-likeness (QED) is 0.670. The number of hydrogen-bond donors (Lipinski definition) is 2. The minimum Gasteiger partial charge on any atom is -0.477 e. The highest BCUT2D eigenvalue weighted by molar-refractivity contribution is 7.17. The first-order valence-corrected chi connectivity index (χ1v) is 3.42. The molecule has 54 valence electrons. The molecule has 0 atom stereocenters. The van der Waals surface area contributed by atoms with Crippen molar-refractivity contribution < 1.29 is 9.90 Å². The van der Waals surface area contributed by atoms with E-state index in [1.54, 1.807) is 7.05 Å². The number of nitrogens with one attached hydrogen (secondary N) is 1. The van der Waals surface area contributed by atoms with E-state index in [4.69, 9.17) is 5.11 Å². The van der Waals surface area contributed by atoms with Crippen molar-refractivity contribution in [2.24, 2.45) is 0 Å². The Morgan fingerprint density at radius 2 is 2.60 bits per heavy atom. The molecule has 0 spiro atoms. The molecule has 0 aliphatic rings. The number of hydrogen-bond acceptors (Lipinski definition) is 4. The summed E-state index contributed by atoms with van der Waals surface area (Å²) in [6.45, 7) is 0. The molecule has 1 heterocycles. The topological polar surface area (TPSA) is 62.2 Å². The van der Waals surface area contributed by atoms with Crippen LogP contribution >= 0.6 is 11.3 Å². The van der Waals surface area contributed by atoms with Crippen LogP contribution in [-0.4, -0.2) is 23.1 Å². The molecule has 10 heavy (non-hydrogen) atoms. The van der Waals surface area contributed by atoms with Crippen LogP contribution in [-0.2, 0) is 0 Å². The fourth-order valence-corrected chi connectivity index (χ4v) is 1.10. The number of rotatable bonds is 2. The van der Waals surface area contributed by atoms with Gasteiger partial charge in [0.25, 0.3) is 0 Å². The Kier molecular flexibility index (Phi) is 1.86. The summed E-state index contributed by atoms with van der Waals surface area (Å²) >= 11 is 1.12. The van der Waals surface area contributed by atoms with Crippen LogP contribution in [0.5, 0.6) is 0 Å². The normalized spacial score (nSPS) is 9.30. The minimum absolute atomic E-state index is 0.254. The van der Waals surface area contributed by atoms with Gasteiger partial charge >= 0.3 is 5.97 Å². The SMILES string of the molecule is CNc1ncc(C(=O)O)s1. The van der Waals surface area contributed by atoms with Crippen LogP contribution in [0.1, 0.15) is 9.67 Å². The molecule has 5 heteroatoms. The van der Waals surface area contributed by atoms with Gasteiger partial charge in [0.05, 0.1) is 6.20 Å². The number of nitrogens with zero attached hydrogens (tertiary/aromatic N) is 1.